The molecule has 2 aromatic carbocycles. The second-order valence-corrected chi connectivity index (χ2v) is 11.8. The van der Waals surface area contributed by atoms with E-state index in [1.165, 1.54) is 11.0 Å². The first kappa shape index (κ1) is 28.3. The maximum absolute atomic E-state index is 14.2. The third-order valence-corrected chi connectivity index (χ3v) is 8.93. The van der Waals surface area contributed by atoms with Crippen LogP contribution in [0.15, 0.2) is 42.7 Å². The third kappa shape index (κ3) is 5.15. The first-order valence-corrected chi connectivity index (χ1v) is 13.9. The summed E-state index contributed by atoms with van der Waals surface area (Å²) in [5.74, 6) is -2.71. The first-order chi connectivity index (χ1) is 19.9. The Kier molecular flexibility index (Phi) is 6.84. The maximum Gasteiger partial charge on any atom is 0.416 e. The van der Waals surface area contributed by atoms with Gasteiger partial charge >= 0.3 is 6.18 Å². The quantitative estimate of drug-likeness (QED) is 0.361. The lowest BCUT2D eigenvalue weighted by Crippen LogP contribution is -2.43. The number of anilines is 1. The summed E-state index contributed by atoms with van der Waals surface area (Å²) >= 11 is 0. The summed E-state index contributed by atoms with van der Waals surface area (Å²) in [7, 11) is 1.84. The predicted octanol–water partition coefficient (Wildman–Crippen LogP) is 5.69. The highest BCUT2D eigenvalue weighted by Gasteiger charge is 2.47. The second-order valence-electron chi connectivity index (χ2n) is 11.8. The number of fused-ring (bicyclic) bond motifs is 1. The number of hydrogen-bond donors (Lipinski definition) is 1. The van der Waals surface area contributed by atoms with Gasteiger partial charge in [-0.05, 0) is 60.2 Å². The molecular weight excluding hydrogens is 555 g/mol. The number of aromatic nitrogens is 3. The lowest BCUT2D eigenvalue weighted by atomic mass is 9.57. The van der Waals surface area contributed by atoms with Crippen LogP contribution < -0.4 is 10.2 Å². The monoisotopic (exact) mass is 584 g/mol. The van der Waals surface area contributed by atoms with E-state index < -0.39 is 35.0 Å². The molecule has 2 fully saturated rings. The van der Waals surface area contributed by atoms with Crippen molar-refractivity contribution in [2.24, 2.45) is 13.0 Å². The zero-order valence-electron chi connectivity index (χ0n) is 22.9. The summed E-state index contributed by atoms with van der Waals surface area (Å²) < 4.78 is 71.6. The summed E-state index contributed by atoms with van der Waals surface area (Å²) in [6.45, 7) is -0.295. The molecule has 2 saturated carbocycles. The van der Waals surface area contributed by atoms with Crippen molar-refractivity contribution in [2.45, 2.75) is 75.2 Å². The number of nitrogens with one attached hydrogen (secondary N) is 1. The molecule has 220 valence electrons. The number of amides is 1. The summed E-state index contributed by atoms with van der Waals surface area (Å²) in [4.78, 5) is 14.9. The third-order valence-electron chi connectivity index (χ3n) is 8.93. The molecule has 42 heavy (non-hydrogen) atoms. The molecule has 0 spiro atoms. The van der Waals surface area contributed by atoms with Gasteiger partial charge in [0.1, 0.15) is 12.2 Å². The number of hydrogen-bond acceptors (Lipinski definition) is 5. The second kappa shape index (κ2) is 10.2. The Balaban J connectivity index is 1.29. The smallest absolute Gasteiger partial charge is 0.321 e. The number of benzene rings is 2. The van der Waals surface area contributed by atoms with E-state index >= 15 is 0 Å². The van der Waals surface area contributed by atoms with E-state index in [0.717, 1.165) is 17.5 Å². The highest BCUT2D eigenvalue weighted by atomic mass is 19.4. The van der Waals surface area contributed by atoms with Crippen molar-refractivity contribution >= 4 is 11.6 Å². The number of rotatable bonds is 7. The first-order valence-electron chi connectivity index (χ1n) is 13.9. The van der Waals surface area contributed by atoms with Crippen molar-refractivity contribution in [1.29, 1.82) is 5.26 Å². The van der Waals surface area contributed by atoms with Crippen LogP contribution in [0.25, 0.3) is 0 Å². The number of nitriles is 1. The zero-order valence-corrected chi connectivity index (χ0v) is 22.9. The van der Waals surface area contributed by atoms with Crippen LogP contribution in [0.5, 0.6) is 0 Å². The molecule has 0 bridgehead atoms. The van der Waals surface area contributed by atoms with E-state index in [1.54, 1.807) is 18.5 Å². The summed E-state index contributed by atoms with van der Waals surface area (Å²) in [6, 6.07) is 11.5. The largest absolute Gasteiger partial charge is 0.416 e. The van der Waals surface area contributed by atoms with Gasteiger partial charge in [0.2, 0.25) is 5.92 Å². The van der Waals surface area contributed by atoms with Crippen LogP contribution in [0.3, 0.4) is 0 Å². The van der Waals surface area contributed by atoms with Gasteiger partial charge in [-0.3, -0.25) is 4.79 Å². The van der Waals surface area contributed by atoms with Crippen LogP contribution in [0.1, 0.15) is 70.5 Å². The number of alkyl halides is 5. The Morgan fingerprint density at radius 3 is 2.60 bits per heavy atom. The molecule has 1 amide bonds. The normalized spacial score (nSPS) is 24.9. The Morgan fingerprint density at radius 2 is 1.95 bits per heavy atom. The highest BCUT2D eigenvalue weighted by Crippen LogP contribution is 2.50. The van der Waals surface area contributed by atoms with Gasteiger partial charge < -0.3 is 14.8 Å². The fourth-order valence-electron chi connectivity index (χ4n) is 6.65. The molecule has 1 aromatic heterocycles. The van der Waals surface area contributed by atoms with Crippen molar-refractivity contribution in [1.82, 2.24) is 20.1 Å². The fourth-order valence-corrected chi connectivity index (χ4v) is 6.65. The number of carbonyl (C=O) groups is 1. The average Bonchev–Trinajstić information content (AvgIpc) is 3.59. The SMILES string of the molecule is Cn1cnnc1C[C@]1(c2cccc(N3Cc4c(cc(CNC5CCC(F)(F)C5)cc4C(F)(F)F)C3=O)c2)C[C@H](C#N)C1. The zero-order chi connectivity index (χ0) is 29.9. The molecule has 1 N–H and O–H groups in total. The molecule has 1 aliphatic heterocycles. The van der Waals surface area contributed by atoms with Gasteiger partial charge in [-0.2, -0.15) is 18.4 Å². The Labute approximate surface area is 239 Å². The number of nitrogens with zero attached hydrogens (tertiary/aromatic N) is 5. The summed E-state index contributed by atoms with van der Waals surface area (Å²) in [5.41, 5.74) is 0.122. The minimum absolute atomic E-state index is 0.0363. The Hall–Kier alpha value is -3.85. The van der Waals surface area contributed by atoms with E-state index in [2.05, 4.69) is 21.6 Å². The van der Waals surface area contributed by atoms with Crippen molar-refractivity contribution < 1.29 is 26.7 Å². The fraction of sp³-hybridized carbons (Fsp3) is 0.467. The van der Waals surface area contributed by atoms with Crippen LogP contribution in [0.2, 0.25) is 0 Å². The van der Waals surface area contributed by atoms with Crippen LogP contribution in [0, 0.1) is 17.2 Å². The molecule has 3 aliphatic rings. The lowest BCUT2D eigenvalue weighted by Gasteiger charge is -2.45. The van der Waals surface area contributed by atoms with Crippen molar-refractivity contribution in [3.05, 3.63) is 76.4 Å². The van der Waals surface area contributed by atoms with E-state index in [4.69, 9.17) is 0 Å². The van der Waals surface area contributed by atoms with Crippen molar-refractivity contribution in [3.63, 3.8) is 0 Å². The molecule has 0 radical (unpaired) electrons. The molecule has 1 atom stereocenters. The lowest BCUT2D eigenvalue weighted by molar-refractivity contribution is -0.138. The summed E-state index contributed by atoms with van der Waals surface area (Å²) in [5, 5.41) is 20.6. The molecule has 1 unspecified atom stereocenters. The van der Waals surface area contributed by atoms with Gasteiger partial charge in [0.15, 0.2) is 0 Å². The van der Waals surface area contributed by atoms with Gasteiger partial charge in [-0.1, -0.05) is 12.1 Å². The number of carbonyl (C=O) groups excluding carboxylic acids is 1. The van der Waals surface area contributed by atoms with Gasteiger partial charge in [0.05, 0.1) is 18.2 Å². The summed E-state index contributed by atoms with van der Waals surface area (Å²) in [6.07, 6.45) is -1.76. The maximum atomic E-state index is 14.2. The standard InChI is InChI=1S/C30H29F5N6O/c1-40-17-38-39-26(40)13-28(10-19(11-28)14-36)20-3-2-4-22(9-20)41-16-24-23(27(41)42)7-18(8-25(24)30(33,34)35)15-37-21-5-6-29(31,32)12-21/h2-4,7-9,17,19,21,37H,5-6,10-13,15-16H2,1H3/t19-,21?,28-. The predicted molar refractivity (Wildman–Crippen MR) is 143 cm³/mol. The van der Waals surface area contributed by atoms with Crippen LogP contribution in [-0.4, -0.2) is 32.6 Å². The van der Waals surface area contributed by atoms with Crippen LogP contribution in [-0.2, 0) is 38.1 Å². The van der Waals surface area contributed by atoms with Crippen LogP contribution in [0.4, 0.5) is 27.6 Å². The molecule has 3 aromatic rings. The minimum Gasteiger partial charge on any atom is -0.321 e. The van der Waals surface area contributed by atoms with E-state index in [0.29, 0.717) is 24.9 Å². The molecule has 2 heterocycles. The van der Waals surface area contributed by atoms with Gasteiger partial charge in [0.25, 0.3) is 5.91 Å². The van der Waals surface area contributed by atoms with E-state index in [1.807, 2.05) is 23.7 Å². The highest BCUT2D eigenvalue weighted by molar-refractivity contribution is 6.10. The van der Waals surface area contributed by atoms with Gasteiger partial charge in [-0.15, -0.1) is 10.2 Å². The topological polar surface area (TPSA) is 86.8 Å². The molecule has 0 saturated heterocycles. The van der Waals surface area contributed by atoms with Crippen LogP contribution >= 0.6 is 0 Å². The van der Waals surface area contributed by atoms with E-state index in [9.17, 15) is 32.0 Å². The molecule has 12 heteroatoms. The van der Waals surface area contributed by atoms with Crippen molar-refractivity contribution in [2.75, 3.05) is 4.90 Å². The van der Waals surface area contributed by atoms with E-state index in [-0.39, 0.29) is 55.0 Å². The minimum atomic E-state index is -4.70. The average molecular weight is 585 g/mol. The Morgan fingerprint density at radius 1 is 1.17 bits per heavy atom. The molecule has 6 rings (SSSR count). The number of halogens is 5. The molecule has 7 nitrogen and oxygen atoms in total. The van der Waals surface area contributed by atoms with Gasteiger partial charge in [0, 0.05) is 61.5 Å². The van der Waals surface area contributed by atoms with Crippen molar-refractivity contribution in [3.8, 4) is 6.07 Å². The molecule has 2 aliphatic carbocycles. The van der Waals surface area contributed by atoms with Gasteiger partial charge in [-0.25, -0.2) is 8.78 Å². The Bertz CT molecular complexity index is 1570. The molecular formula is C30H29F5N6O. The number of aryl methyl sites for hydroxylation is 1.